The number of carbonyl (C=O) groups excluding carboxylic acids is 1. The highest BCUT2D eigenvalue weighted by atomic mass is 32.2. The molecule has 206 valence electrons. The van der Waals surface area contributed by atoms with Gasteiger partial charge in [0.2, 0.25) is 0 Å². The van der Waals surface area contributed by atoms with Crippen molar-refractivity contribution in [3.05, 3.63) is 95.1 Å². The van der Waals surface area contributed by atoms with Crippen LogP contribution in [0.2, 0.25) is 0 Å². The molecular weight excluding hydrogens is 512 g/mol. The largest absolute Gasteiger partial charge is 0.480 e. The Labute approximate surface area is 230 Å². The molecule has 0 saturated carbocycles. The van der Waals surface area contributed by atoms with Gasteiger partial charge in [-0.1, -0.05) is 60.7 Å². The van der Waals surface area contributed by atoms with Gasteiger partial charge in [0.25, 0.3) is 5.91 Å². The number of aliphatic carboxylic acids is 1. The van der Waals surface area contributed by atoms with E-state index in [4.69, 9.17) is 0 Å². The molecule has 8 heteroatoms. The summed E-state index contributed by atoms with van der Waals surface area (Å²) in [6.45, 7) is 4.76. The van der Waals surface area contributed by atoms with Crippen LogP contribution in [0.25, 0.3) is 11.1 Å². The van der Waals surface area contributed by atoms with Crippen LogP contribution < -0.4 is 5.32 Å². The highest BCUT2D eigenvalue weighted by molar-refractivity contribution is 7.90. The molecule has 0 aromatic heterocycles. The molecule has 1 saturated heterocycles. The molecule has 3 aromatic rings. The number of likely N-dealkylation sites (tertiary alicyclic amines) is 1. The lowest BCUT2D eigenvalue weighted by Crippen LogP contribution is -2.42. The number of carboxylic acids is 1. The summed E-state index contributed by atoms with van der Waals surface area (Å²) < 4.78 is 23.1. The molecule has 2 N–H and O–H groups in total. The van der Waals surface area contributed by atoms with E-state index in [2.05, 4.69) is 34.5 Å². The molecule has 0 bridgehead atoms. The van der Waals surface area contributed by atoms with Crippen LogP contribution in [0.4, 0.5) is 0 Å². The minimum atomic E-state index is -3.37. The number of hydrogen-bond acceptors (Lipinski definition) is 5. The maximum Gasteiger partial charge on any atom is 0.326 e. The second kappa shape index (κ2) is 12.6. The Kier molecular flexibility index (Phi) is 9.20. The molecule has 2 unspecified atom stereocenters. The van der Waals surface area contributed by atoms with Gasteiger partial charge in [0.1, 0.15) is 15.9 Å². The third kappa shape index (κ3) is 8.00. The van der Waals surface area contributed by atoms with Crippen molar-refractivity contribution in [2.75, 3.05) is 25.1 Å². The van der Waals surface area contributed by atoms with Gasteiger partial charge >= 0.3 is 5.97 Å². The number of rotatable bonds is 11. The third-order valence-electron chi connectivity index (χ3n) is 7.29. The smallest absolute Gasteiger partial charge is 0.326 e. The van der Waals surface area contributed by atoms with E-state index in [0.717, 1.165) is 61.0 Å². The molecule has 1 aliphatic rings. The lowest BCUT2D eigenvalue weighted by molar-refractivity contribution is -0.139. The number of nitrogens with zero attached hydrogens (tertiary/aromatic N) is 1. The molecular formula is C31H36N2O5S. The Morgan fingerprint density at radius 2 is 1.72 bits per heavy atom. The standard InChI is InChI=1S/C31H36N2O5S/c1-22-8-6-7-11-26(22)28-19-24(20-33-16-14-25(21-33)18-23-9-4-3-5-10-23)12-13-27(28)30(34)32-29(31(35)36)15-17-39(2,37)38/h3-13,19,25,29H,14-18,20-21H2,1-2H3,(H,32,34)(H,35,36). The van der Waals surface area contributed by atoms with Crippen molar-refractivity contribution in [1.29, 1.82) is 0 Å². The first-order valence-corrected chi connectivity index (χ1v) is 15.3. The van der Waals surface area contributed by atoms with Crippen LogP contribution in [0, 0.1) is 12.8 Å². The van der Waals surface area contributed by atoms with Crippen LogP contribution >= 0.6 is 0 Å². The summed E-state index contributed by atoms with van der Waals surface area (Å²) in [5, 5.41) is 12.1. The third-order valence-corrected chi connectivity index (χ3v) is 8.27. The average Bonchev–Trinajstić information content (AvgIpc) is 3.33. The van der Waals surface area contributed by atoms with Gasteiger partial charge in [-0.3, -0.25) is 9.69 Å². The predicted octanol–water partition coefficient (Wildman–Crippen LogP) is 4.34. The van der Waals surface area contributed by atoms with E-state index < -0.39 is 27.8 Å². The summed E-state index contributed by atoms with van der Waals surface area (Å²) in [6.07, 6.45) is 3.06. The van der Waals surface area contributed by atoms with Crippen LogP contribution in [-0.4, -0.2) is 61.4 Å². The first kappa shape index (κ1) is 28.5. The van der Waals surface area contributed by atoms with Gasteiger partial charge in [-0.25, -0.2) is 13.2 Å². The van der Waals surface area contributed by atoms with Gasteiger partial charge in [0, 0.05) is 24.9 Å². The molecule has 1 heterocycles. The summed E-state index contributed by atoms with van der Waals surface area (Å²) in [5.41, 5.74) is 5.43. The molecule has 0 radical (unpaired) electrons. The lowest BCUT2D eigenvalue weighted by atomic mass is 9.93. The molecule has 3 aromatic carbocycles. The van der Waals surface area contributed by atoms with Gasteiger partial charge in [0.05, 0.1) is 5.75 Å². The topological polar surface area (TPSA) is 104 Å². The van der Waals surface area contributed by atoms with Gasteiger partial charge in [-0.05, 0) is 78.6 Å². The van der Waals surface area contributed by atoms with Crippen molar-refractivity contribution >= 4 is 21.7 Å². The Morgan fingerprint density at radius 1 is 1.00 bits per heavy atom. The average molecular weight is 549 g/mol. The van der Waals surface area contributed by atoms with E-state index >= 15 is 0 Å². The van der Waals surface area contributed by atoms with Gasteiger partial charge in [-0.2, -0.15) is 0 Å². The summed E-state index contributed by atoms with van der Waals surface area (Å²) in [7, 11) is -3.37. The second-order valence-electron chi connectivity index (χ2n) is 10.6. The number of amides is 1. The monoisotopic (exact) mass is 548 g/mol. The minimum absolute atomic E-state index is 0.198. The van der Waals surface area contributed by atoms with Crippen molar-refractivity contribution in [2.45, 2.75) is 38.8 Å². The van der Waals surface area contributed by atoms with Gasteiger partial charge in [-0.15, -0.1) is 0 Å². The number of aryl methyl sites for hydroxylation is 1. The highest BCUT2D eigenvalue weighted by Crippen LogP contribution is 2.30. The Morgan fingerprint density at radius 3 is 2.41 bits per heavy atom. The normalized spacial score (nSPS) is 16.6. The zero-order chi connectivity index (χ0) is 28.0. The van der Waals surface area contributed by atoms with E-state index in [1.165, 1.54) is 5.56 Å². The summed E-state index contributed by atoms with van der Waals surface area (Å²) in [6, 6.07) is 22.7. The fraction of sp³-hybridized carbons (Fsp3) is 0.355. The van der Waals surface area contributed by atoms with E-state index in [0.29, 0.717) is 11.5 Å². The van der Waals surface area contributed by atoms with E-state index in [9.17, 15) is 23.1 Å². The fourth-order valence-corrected chi connectivity index (χ4v) is 5.90. The van der Waals surface area contributed by atoms with Crippen molar-refractivity contribution in [3.63, 3.8) is 0 Å². The molecule has 1 aliphatic heterocycles. The number of hydrogen-bond donors (Lipinski definition) is 2. The van der Waals surface area contributed by atoms with Crippen molar-refractivity contribution in [2.24, 2.45) is 5.92 Å². The molecule has 7 nitrogen and oxygen atoms in total. The van der Waals surface area contributed by atoms with Crippen molar-refractivity contribution < 1.29 is 23.1 Å². The van der Waals surface area contributed by atoms with Crippen molar-refractivity contribution in [3.8, 4) is 11.1 Å². The van der Waals surface area contributed by atoms with E-state index in [-0.39, 0.29) is 12.2 Å². The number of benzene rings is 3. The highest BCUT2D eigenvalue weighted by Gasteiger charge is 2.26. The minimum Gasteiger partial charge on any atom is -0.480 e. The Bertz CT molecular complexity index is 1420. The zero-order valence-corrected chi connectivity index (χ0v) is 23.3. The molecule has 0 spiro atoms. The van der Waals surface area contributed by atoms with Crippen LogP contribution in [-0.2, 0) is 27.6 Å². The first-order chi connectivity index (χ1) is 18.6. The zero-order valence-electron chi connectivity index (χ0n) is 22.5. The maximum atomic E-state index is 13.3. The second-order valence-corrected chi connectivity index (χ2v) is 12.8. The first-order valence-electron chi connectivity index (χ1n) is 13.3. The van der Waals surface area contributed by atoms with Crippen LogP contribution in [0.1, 0.15) is 39.9 Å². The Balaban J connectivity index is 1.54. The number of carbonyl (C=O) groups is 2. The molecule has 1 amide bonds. The molecule has 39 heavy (non-hydrogen) atoms. The van der Waals surface area contributed by atoms with Crippen molar-refractivity contribution in [1.82, 2.24) is 10.2 Å². The number of nitrogens with one attached hydrogen (secondary N) is 1. The summed E-state index contributed by atoms with van der Waals surface area (Å²) in [5.74, 6) is -1.52. The Hall–Kier alpha value is -3.49. The van der Waals surface area contributed by atoms with Crippen LogP contribution in [0.5, 0.6) is 0 Å². The number of carboxylic acid groups (broad SMARTS) is 1. The van der Waals surface area contributed by atoms with Crippen LogP contribution in [0.3, 0.4) is 0 Å². The van der Waals surface area contributed by atoms with Gasteiger partial charge in [0.15, 0.2) is 0 Å². The molecule has 0 aliphatic carbocycles. The fourth-order valence-electron chi connectivity index (χ4n) is 5.24. The maximum absolute atomic E-state index is 13.3. The molecule has 2 atom stereocenters. The molecule has 4 rings (SSSR count). The van der Waals surface area contributed by atoms with E-state index in [1.807, 2.05) is 49.4 Å². The lowest BCUT2D eigenvalue weighted by Gasteiger charge is -2.20. The summed E-state index contributed by atoms with van der Waals surface area (Å²) >= 11 is 0. The van der Waals surface area contributed by atoms with Gasteiger partial charge < -0.3 is 10.4 Å². The summed E-state index contributed by atoms with van der Waals surface area (Å²) in [4.78, 5) is 27.5. The number of sulfone groups is 1. The molecule has 1 fully saturated rings. The predicted molar refractivity (Wildman–Crippen MR) is 153 cm³/mol. The van der Waals surface area contributed by atoms with Crippen LogP contribution in [0.15, 0.2) is 72.8 Å². The SMILES string of the molecule is Cc1ccccc1-c1cc(CN2CCC(Cc3ccccc3)C2)ccc1C(=O)NC(CCS(C)(=O)=O)C(=O)O. The quantitative estimate of drug-likeness (QED) is 0.369. The van der Waals surface area contributed by atoms with E-state index in [1.54, 1.807) is 6.07 Å².